The number of thioether (sulfide) groups is 1. The molecule has 2 rings (SSSR count). The Hall–Kier alpha value is -1.17. The van der Waals surface area contributed by atoms with Crippen molar-refractivity contribution in [1.82, 2.24) is 10.5 Å². The summed E-state index contributed by atoms with van der Waals surface area (Å²) < 4.78 is 4.92. The number of nitrogens with one attached hydrogen (secondary N) is 2. The molecule has 1 heterocycles. The van der Waals surface area contributed by atoms with Crippen LogP contribution >= 0.6 is 11.8 Å². The predicted molar refractivity (Wildman–Crippen MR) is 77.6 cm³/mol. The lowest BCUT2D eigenvalue weighted by atomic mass is 9.95. The van der Waals surface area contributed by atoms with Crippen LogP contribution in [0, 0.1) is 6.92 Å². The monoisotopic (exact) mass is 283 g/mol. The van der Waals surface area contributed by atoms with Gasteiger partial charge >= 0.3 is 6.03 Å². The highest BCUT2D eigenvalue weighted by Gasteiger charge is 2.26. The van der Waals surface area contributed by atoms with E-state index in [0.29, 0.717) is 16.8 Å². The standard InChI is InChI=1S/C13H21N3O2S/c1-3-19-11-7-5-4-6-10(11)14-13(17)15-12-8-9(2)18-16-12/h8,10-11H,3-7H2,1-2H3,(H2,14,15,16,17)/t10-,11+/m0/s1. The molecule has 0 aliphatic heterocycles. The summed E-state index contributed by atoms with van der Waals surface area (Å²) in [5.74, 6) is 2.24. The van der Waals surface area contributed by atoms with Gasteiger partial charge in [0, 0.05) is 17.4 Å². The maximum absolute atomic E-state index is 11.9. The smallest absolute Gasteiger partial charge is 0.320 e. The predicted octanol–water partition coefficient (Wildman–Crippen LogP) is 3.17. The fourth-order valence-corrected chi connectivity index (χ4v) is 3.62. The largest absolute Gasteiger partial charge is 0.360 e. The third-order valence-corrected chi connectivity index (χ3v) is 4.60. The number of amides is 2. The molecule has 0 bridgehead atoms. The zero-order chi connectivity index (χ0) is 13.7. The summed E-state index contributed by atoms with van der Waals surface area (Å²) in [6, 6.07) is 1.77. The average molecular weight is 283 g/mol. The quantitative estimate of drug-likeness (QED) is 0.890. The van der Waals surface area contributed by atoms with E-state index in [9.17, 15) is 4.79 Å². The second kappa shape index (κ2) is 6.84. The average Bonchev–Trinajstić information content (AvgIpc) is 2.77. The lowest BCUT2D eigenvalue weighted by Gasteiger charge is -2.31. The normalized spacial score (nSPS) is 23.1. The molecule has 2 N–H and O–H groups in total. The maximum Gasteiger partial charge on any atom is 0.320 e. The molecular weight excluding hydrogens is 262 g/mol. The first kappa shape index (κ1) is 14.2. The van der Waals surface area contributed by atoms with Crippen LogP contribution in [-0.2, 0) is 0 Å². The second-order valence-electron chi connectivity index (χ2n) is 4.81. The van der Waals surface area contributed by atoms with Crippen LogP contribution < -0.4 is 10.6 Å². The van der Waals surface area contributed by atoms with E-state index >= 15 is 0 Å². The lowest BCUT2D eigenvalue weighted by Crippen LogP contribution is -2.45. The van der Waals surface area contributed by atoms with E-state index < -0.39 is 0 Å². The first-order chi connectivity index (χ1) is 9.19. The van der Waals surface area contributed by atoms with Gasteiger partial charge in [-0.1, -0.05) is 24.9 Å². The molecule has 19 heavy (non-hydrogen) atoms. The highest BCUT2D eigenvalue weighted by atomic mass is 32.2. The number of hydrogen-bond donors (Lipinski definition) is 2. The zero-order valence-corrected chi connectivity index (χ0v) is 12.3. The molecule has 2 amide bonds. The summed E-state index contributed by atoms with van der Waals surface area (Å²) >= 11 is 1.94. The van der Waals surface area contributed by atoms with E-state index in [2.05, 4.69) is 22.7 Å². The van der Waals surface area contributed by atoms with Gasteiger partial charge in [-0.15, -0.1) is 0 Å². The molecule has 0 saturated heterocycles. The minimum absolute atomic E-state index is 0.193. The van der Waals surface area contributed by atoms with Gasteiger partial charge in [0.2, 0.25) is 0 Å². The SMILES string of the molecule is CCS[C@@H]1CCCC[C@@H]1NC(=O)Nc1cc(C)on1. The van der Waals surface area contributed by atoms with Crippen molar-refractivity contribution in [1.29, 1.82) is 0 Å². The second-order valence-corrected chi connectivity index (χ2v) is 6.32. The van der Waals surface area contributed by atoms with E-state index in [1.165, 1.54) is 19.3 Å². The van der Waals surface area contributed by atoms with Crippen molar-refractivity contribution in [2.24, 2.45) is 0 Å². The van der Waals surface area contributed by atoms with Gasteiger partial charge in [0.25, 0.3) is 0 Å². The van der Waals surface area contributed by atoms with Gasteiger partial charge in [0.05, 0.1) is 0 Å². The minimum atomic E-state index is -0.193. The Kier molecular flexibility index (Phi) is 5.13. The molecule has 1 aliphatic carbocycles. The summed E-state index contributed by atoms with van der Waals surface area (Å²) in [7, 11) is 0. The zero-order valence-electron chi connectivity index (χ0n) is 11.4. The summed E-state index contributed by atoms with van der Waals surface area (Å²) in [5, 5.41) is 10.1. The highest BCUT2D eigenvalue weighted by molar-refractivity contribution is 7.99. The first-order valence-corrected chi connectivity index (χ1v) is 7.86. The molecule has 1 saturated carbocycles. The van der Waals surface area contributed by atoms with Crippen LogP contribution in [-0.4, -0.2) is 28.2 Å². The molecule has 0 unspecified atom stereocenters. The van der Waals surface area contributed by atoms with Gasteiger partial charge in [0.15, 0.2) is 5.82 Å². The molecule has 1 aliphatic rings. The summed E-state index contributed by atoms with van der Waals surface area (Å²) in [5.41, 5.74) is 0. The van der Waals surface area contributed by atoms with Gasteiger partial charge < -0.3 is 9.84 Å². The molecule has 0 aromatic carbocycles. The Morgan fingerprint density at radius 1 is 1.53 bits per heavy atom. The Balaban J connectivity index is 1.86. The topological polar surface area (TPSA) is 67.2 Å². The van der Waals surface area contributed by atoms with Gasteiger partial charge in [-0.2, -0.15) is 11.8 Å². The number of carbonyl (C=O) groups is 1. The third-order valence-electron chi connectivity index (χ3n) is 3.27. The Morgan fingerprint density at radius 3 is 3.00 bits per heavy atom. The van der Waals surface area contributed by atoms with Crippen molar-refractivity contribution in [3.63, 3.8) is 0 Å². The molecule has 0 radical (unpaired) electrons. The number of hydrogen-bond acceptors (Lipinski definition) is 4. The molecule has 6 heteroatoms. The molecule has 5 nitrogen and oxygen atoms in total. The number of nitrogens with zero attached hydrogens (tertiary/aromatic N) is 1. The van der Waals surface area contributed by atoms with Crippen molar-refractivity contribution in [2.75, 3.05) is 11.1 Å². The molecular formula is C13H21N3O2S. The van der Waals surface area contributed by atoms with Gasteiger partial charge in [0.1, 0.15) is 5.76 Å². The van der Waals surface area contributed by atoms with Crippen molar-refractivity contribution in [3.8, 4) is 0 Å². The van der Waals surface area contributed by atoms with E-state index in [1.54, 1.807) is 13.0 Å². The molecule has 1 fully saturated rings. The molecule has 1 aromatic rings. The number of urea groups is 1. The molecule has 2 atom stereocenters. The van der Waals surface area contributed by atoms with Crippen LogP contribution in [0.5, 0.6) is 0 Å². The first-order valence-electron chi connectivity index (χ1n) is 6.81. The summed E-state index contributed by atoms with van der Waals surface area (Å²) in [6.07, 6.45) is 4.70. The van der Waals surface area contributed by atoms with Crippen LogP contribution in [0.4, 0.5) is 10.6 Å². The Morgan fingerprint density at radius 2 is 2.32 bits per heavy atom. The van der Waals surface area contributed by atoms with E-state index in [-0.39, 0.29) is 12.1 Å². The fraction of sp³-hybridized carbons (Fsp3) is 0.692. The number of anilines is 1. The third kappa shape index (κ3) is 4.16. The van der Waals surface area contributed by atoms with Gasteiger partial charge in [-0.3, -0.25) is 5.32 Å². The van der Waals surface area contributed by atoms with Crippen LogP contribution in [0.1, 0.15) is 38.4 Å². The number of aryl methyl sites for hydroxylation is 1. The van der Waals surface area contributed by atoms with Gasteiger partial charge in [-0.05, 0) is 25.5 Å². The Bertz CT molecular complexity index is 420. The van der Waals surface area contributed by atoms with E-state index in [4.69, 9.17) is 4.52 Å². The molecule has 1 aromatic heterocycles. The van der Waals surface area contributed by atoms with Crippen molar-refractivity contribution in [2.45, 2.75) is 50.8 Å². The van der Waals surface area contributed by atoms with Crippen LogP contribution in [0.2, 0.25) is 0 Å². The number of rotatable bonds is 4. The molecule has 106 valence electrons. The van der Waals surface area contributed by atoms with Crippen molar-refractivity contribution < 1.29 is 9.32 Å². The van der Waals surface area contributed by atoms with E-state index in [0.717, 1.165) is 12.2 Å². The lowest BCUT2D eigenvalue weighted by molar-refractivity contribution is 0.244. The maximum atomic E-state index is 11.9. The number of carbonyl (C=O) groups excluding carboxylic acids is 1. The minimum Gasteiger partial charge on any atom is -0.360 e. The van der Waals surface area contributed by atoms with Crippen LogP contribution in [0.3, 0.4) is 0 Å². The summed E-state index contributed by atoms with van der Waals surface area (Å²) in [4.78, 5) is 11.9. The van der Waals surface area contributed by atoms with Crippen LogP contribution in [0.25, 0.3) is 0 Å². The van der Waals surface area contributed by atoms with Crippen molar-refractivity contribution >= 4 is 23.6 Å². The number of aromatic nitrogens is 1. The summed E-state index contributed by atoms with van der Waals surface area (Å²) in [6.45, 7) is 3.96. The Labute approximate surface area is 117 Å². The fourth-order valence-electron chi connectivity index (χ4n) is 2.42. The van der Waals surface area contributed by atoms with E-state index in [1.807, 2.05) is 11.8 Å². The molecule has 0 spiro atoms. The van der Waals surface area contributed by atoms with Crippen LogP contribution in [0.15, 0.2) is 10.6 Å². The van der Waals surface area contributed by atoms with Crippen molar-refractivity contribution in [3.05, 3.63) is 11.8 Å². The highest BCUT2D eigenvalue weighted by Crippen LogP contribution is 2.28. The van der Waals surface area contributed by atoms with Gasteiger partial charge in [-0.25, -0.2) is 4.79 Å².